The van der Waals surface area contributed by atoms with Crippen LogP contribution in [0.3, 0.4) is 0 Å². The third-order valence-corrected chi connectivity index (χ3v) is 8.23. The van der Waals surface area contributed by atoms with E-state index in [0.717, 1.165) is 16.9 Å². The standard InChI is InChI=1S/C26H24N2O4S2/c1-3-32-20-14-12-18(13-15-20)23(29)24-22(27)25(34(30,31)21-10-5-4-6-11-21)26(33-24)28-19-9-7-8-17(2)16-19/h4-16,28H,3,27H2,1-2H3. The normalized spacial score (nSPS) is 11.2. The van der Waals surface area contributed by atoms with Gasteiger partial charge in [0, 0.05) is 11.3 Å². The third kappa shape index (κ3) is 4.69. The van der Waals surface area contributed by atoms with Crippen molar-refractivity contribution in [1.82, 2.24) is 0 Å². The molecule has 0 aliphatic heterocycles. The Morgan fingerprint density at radius 2 is 1.71 bits per heavy atom. The minimum absolute atomic E-state index is 0.0668. The number of carbonyl (C=O) groups is 1. The lowest BCUT2D eigenvalue weighted by molar-refractivity contribution is 0.104. The fourth-order valence-corrected chi connectivity index (χ4v) is 6.47. The Hall–Kier alpha value is -3.62. The van der Waals surface area contributed by atoms with E-state index in [1.807, 2.05) is 38.1 Å². The number of ether oxygens (including phenoxy) is 1. The van der Waals surface area contributed by atoms with Crippen LogP contribution in [-0.2, 0) is 9.84 Å². The summed E-state index contributed by atoms with van der Waals surface area (Å²) >= 11 is 1.03. The summed E-state index contributed by atoms with van der Waals surface area (Å²) < 4.78 is 32.6. The van der Waals surface area contributed by atoms with E-state index in [-0.39, 0.29) is 26.1 Å². The Labute approximate surface area is 202 Å². The highest BCUT2D eigenvalue weighted by molar-refractivity contribution is 7.92. The molecular formula is C26H24N2O4S2. The van der Waals surface area contributed by atoms with E-state index < -0.39 is 9.84 Å². The summed E-state index contributed by atoms with van der Waals surface area (Å²) in [7, 11) is -3.99. The maximum Gasteiger partial charge on any atom is 0.211 e. The summed E-state index contributed by atoms with van der Waals surface area (Å²) in [5.74, 6) is 0.291. The summed E-state index contributed by atoms with van der Waals surface area (Å²) in [6.07, 6.45) is 0. The number of anilines is 3. The molecule has 4 rings (SSSR count). The Morgan fingerprint density at radius 1 is 1.00 bits per heavy atom. The van der Waals surface area contributed by atoms with Crippen molar-refractivity contribution in [2.45, 2.75) is 23.6 Å². The van der Waals surface area contributed by atoms with Crippen LogP contribution in [0.25, 0.3) is 0 Å². The molecule has 3 N–H and O–H groups in total. The highest BCUT2D eigenvalue weighted by atomic mass is 32.2. The molecule has 4 aromatic rings. The molecule has 0 fully saturated rings. The Bertz CT molecular complexity index is 1430. The molecule has 0 bridgehead atoms. The van der Waals surface area contributed by atoms with Crippen LogP contribution in [0.1, 0.15) is 27.7 Å². The Balaban J connectivity index is 1.83. The molecule has 0 radical (unpaired) electrons. The molecule has 0 atom stereocenters. The molecule has 0 unspecified atom stereocenters. The predicted octanol–water partition coefficient (Wildman–Crippen LogP) is 5.84. The zero-order valence-electron chi connectivity index (χ0n) is 18.7. The van der Waals surface area contributed by atoms with Crippen LogP contribution in [0.4, 0.5) is 16.4 Å². The van der Waals surface area contributed by atoms with Crippen LogP contribution >= 0.6 is 11.3 Å². The van der Waals surface area contributed by atoms with Crippen molar-refractivity contribution in [3.63, 3.8) is 0 Å². The number of carbonyl (C=O) groups excluding carboxylic acids is 1. The van der Waals surface area contributed by atoms with E-state index in [9.17, 15) is 13.2 Å². The summed E-state index contributed by atoms with van der Waals surface area (Å²) in [6.45, 7) is 4.33. The minimum Gasteiger partial charge on any atom is -0.494 e. The van der Waals surface area contributed by atoms with E-state index in [1.54, 1.807) is 42.5 Å². The van der Waals surface area contributed by atoms with E-state index in [1.165, 1.54) is 12.1 Å². The van der Waals surface area contributed by atoms with Gasteiger partial charge in [0.25, 0.3) is 0 Å². The van der Waals surface area contributed by atoms with Crippen LogP contribution in [0.15, 0.2) is 88.7 Å². The fourth-order valence-electron chi connectivity index (χ4n) is 3.52. The van der Waals surface area contributed by atoms with Crippen molar-refractivity contribution in [2.75, 3.05) is 17.7 Å². The van der Waals surface area contributed by atoms with Crippen LogP contribution in [0, 0.1) is 6.92 Å². The molecule has 6 nitrogen and oxygen atoms in total. The quantitative estimate of drug-likeness (QED) is 0.300. The van der Waals surface area contributed by atoms with E-state index in [4.69, 9.17) is 10.5 Å². The molecule has 0 spiro atoms. The SMILES string of the molecule is CCOc1ccc(C(=O)c2sc(Nc3cccc(C)c3)c(S(=O)(=O)c3ccccc3)c2N)cc1. The summed E-state index contributed by atoms with van der Waals surface area (Å²) in [5, 5.41) is 3.46. The molecule has 8 heteroatoms. The van der Waals surface area contributed by atoms with Gasteiger partial charge in [-0.3, -0.25) is 4.79 Å². The second kappa shape index (κ2) is 9.70. The average molecular weight is 493 g/mol. The highest BCUT2D eigenvalue weighted by Crippen LogP contribution is 2.44. The molecule has 0 aliphatic carbocycles. The first-order chi connectivity index (χ1) is 16.3. The van der Waals surface area contributed by atoms with E-state index in [2.05, 4.69) is 5.32 Å². The lowest BCUT2D eigenvalue weighted by Gasteiger charge is -2.10. The van der Waals surface area contributed by atoms with Crippen LogP contribution in [-0.4, -0.2) is 20.8 Å². The number of sulfone groups is 1. The van der Waals surface area contributed by atoms with Crippen LogP contribution in [0.5, 0.6) is 5.75 Å². The first kappa shape index (κ1) is 23.5. The van der Waals surface area contributed by atoms with Crippen LogP contribution in [0.2, 0.25) is 0 Å². The first-order valence-electron chi connectivity index (χ1n) is 10.6. The molecule has 3 aromatic carbocycles. The number of nitrogens with two attached hydrogens (primary N) is 1. The molecule has 0 saturated carbocycles. The zero-order valence-corrected chi connectivity index (χ0v) is 20.4. The lowest BCUT2D eigenvalue weighted by atomic mass is 10.1. The van der Waals surface area contributed by atoms with Gasteiger partial charge in [-0.2, -0.15) is 0 Å². The molecule has 0 aliphatic rings. The maximum atomic E-state index is 13.6. The van der Waals surface area contributed by atoms with Gasteiger partial charge in [-0.15, -0.1) is 11.3 Å². The Morgan fingerprint density at radius 3 is 2.35 bits per heavy atom. The number of aryl methyl sites for hydroxylation is 1. The molecule has 174 valence electrons. The Kier molecular flexibility index (Phi) is 6.72. The molecule has 0 amide bonds. The monoisotopic (exact) mass is 492 g/mol. The van der Waals surface area contributed by atoms with Crippen LogP contribution < -0.4 is 15.8 Å². The topological polar surface area (TPSA) is 98.5 Å². The average Bonchev–Trinajstić information content (AvgIpc) is 3.16. The summed E-state index contributed by atoms with van der Waals surface area (Å²) in [5.41, 5.74) is 8.40. The van der Waals surface area contributed by atoms with Gasteiger partial charge in [0.05, 0.1) is 17.2 Å². The zero-order chi connectivity index (χ0) is 24.3. The van der Waals surface area contributed by atoms with E-state index >= 15 is 0 Å². The largest absolute Gasteiger partial charge is 0.494 e. The number of thiophene rings is 1. The number of rotatable bonds is 8. The molecule has 1 heterocycles. The van der Waals surface area contributed by atoms with Crippen molar-refractivity contribution in [3.05, 3.63) is 94.9 Å². The van der Waals surface area contributed by atoms with Gasteiger partial charge in [-0.25, -0.2) is 8.42 Å². The number of ketones is 1. The lowest BCUT2D eigenvalue weighted by Crippen LogP contribution is -2.08. The van der Waals surface area contributed by atoms with Crippen molar-refractivity contribution in [3.8, 4) is 5.75 Å². The third-order valence-electron chi connectivity index (χ3n) is 5.13. The smallest absolute Gasteiger partial charge is 0.211 e. The molecule has 34 heavy (non-hydrogen) atoms. The van der Waals surface area contributed by atoms with Crippen molar-refractivity contribution in [1.29, 1.82) is 0 Å². The van der Waals surface area contributed by atoms with Crippen molar-refractivity contribution < 1.29 is 17.9 Å². The van der Waals surface area contributed by atoms with Gasteiger partial charge in [0.2, 0.25) is 15.6 Å². The molecule has 1 aromatic heterocycles. The minimum atomic E-state index is -3.99. The fraction of sp³-hybridized carbons (Fsp3) is 0.115. The number of nitrogen functional groups attached to an aromatic ring is 1. The van der Waals surface area contributed by atoms with Crippen molar-refractivity contribution >= 4 is 43.3 Å². The first-order valence-corrected chi connectivity index (χ1v) is 12.9. The van der Waals surface area contributed by atoms with Gasteiger partial charge in [-0.1, -0.05) is 30.3 Å². The molecular weight excluding hydrogens is 468 g/mol. The van der Waals surface area contributed by atoms with Gasteiger partial charge in [-0.05, 0) is 67.9 Å². The summed E-state index contributed by atoms with van der Waals surface area (Å²) in [6, 6.07) is 22.3. The second-order valence-corrected chi connectivity index (χ2v) is 10.5. The summed E-state index contributed by atoms with van der Waals surface area (Å²) in [4.78, 5) is 13.5. The van der Waals surface area contributed by atoms with Crippen molar-refractivity contribution in [2.24, 2.45) is 0 Å². The number of nitrogens with one attached hydrogen (secondary N) is 1. The van der Waals surface area contributed by atoms with Gasteiger partial charge in [0.15, 0.2) is 0 Å². The molecule has 0 saturated heterocycles. The number of hydrogen-bond acceptors (Lipinski definition) is 7. The van der Waals surface area contributed by atoms with Gasteiger partial charge in [0.1, 0.15) is 20.5 Å². The van der Waals surface area contributed by atoms with Gasteiger partial charge >= 0.3 is 0 Å². The number of benzene rings is 3. The highest BCUT2D eigenvalue weighted by Gasteiger charge is 2.31. The second-order valence-electron chi connectivity index (χ2n) is 7.60. The number of hydrogen-bond donors (Lipinski definition) is 2. The predicted molar refractivity (Wildman–Crippen MR) is 136 cm³/mol. The van der Waals surface area contributed by atoms with E-state index in [0.29, 0.717) is 28.6 Å². The maximum absolute atomic E-state index is 13.6. The van der Waals surface area contributed by atoms with Gasteiger partial charge < -0.3 is 15.8 Å².